The second kappa shape index (κ2) is 5.87. The number of benzene rings is 1. The molecule has 0 aromatic heterocycles. The third-order valence-electron chi connectivity index (χ3n) is 2.64. The Balaban J connectivity index is 3.32. The number of halogens is 1. The third-order valence-corrected chi connectivity index (χ3v) is 3.09. The number of carbonyl (C=O) groups excluding carboxylic acids is 2. The van der Waals surface area contributed by atoms with Crippen LogP contribution >= 0.6 is 11.6 Å². The first-order valence-corrected chi connectivity index (χ1v) is 5.86. The highest BCUT2D eigenvalue weighted by atomic mass is 35.5. The average molecular weight is 271 g/mol. The molecule has 1 aromatic carbocycles. The molecule has 0 unspecified atom stereocenters. The van der Waals surface area contributed by atoms with E-state index in [1.807, 2.05) is 13.8 Å². The molecule has 98 valence electrons. The van der Waals surface area contributed by atoms with E-state index < -0.39 is 11.8 Å². The van der Waals surface area contributed by atoms with E-state index in [0.29, 0.717) is 5.02 Å². The molecule has 1 rings (SSSR count). The Morgan fingerprint density at radius 2 is 1.94 bits per heavy atom. The van der Waals surface area contributed by atoms with Crippen LogP contribution in [0.15, 0.2) is 6.07 Å². The van der Waals surface area contributed by atoms with Crippen molar-refractivity contribution >= 4 is 23.4 Å². The summed E-state index contributed by atoms with van der Waals surface area (Å²) in [6, 6.07) is 1.58. The lowest BCUT2D eigenvalue weighted by atomic mass is 10.0. The second-order valence-corrected chi connectivity index (χ2v) is 4.14. The van der Waals surface area contributed by atoms with Gasteiger partial charge >= 0.3 is 5.97 Å². The summed E-state index contributed by atoms with van der Waals surface area (Å²) in [7, 11) is 1.40. The van der Waals surface area contributed by atoms with Crippen LogP contribution in [0.2, 0.25) is 5.02 Å². The molecule has 0 saturated carbocycles. The first kappa shape index (κ1) is 14.5. The first-order valence-electron chi connectivity index (χ1n) is 5.49. The highest BCUT2D eigenvalue weighted by Gasteiger charge is 2.24. The lowest BCUT2D eigenvalue weighted by Crippen LogP contribution is -2.18. The van der Waals surface area contributed by atoms with Gasteiger partial charge in [-0.3, -0.25) is 4.79 Å². The first-order chi connectivity index (χ1) is 8.43. The van der Waals surface area contributed by atoms with Gasteiger partial charge in [0.25, 0.3) is 5.78 Å². The zero-order chi connectivity index (χ0) is 13.9. The number of carbonyl (C=O) groups is 2. The zero-order valence-electron chi connectivity index (χ0n) is 10.8. The summed E-state index contributed by atoms with van der Waals surface area (Å²) in [5.74, 6) is -1.45. The molecule has 0 bridgehead atoms. The lowest BCUT2D eigenvalue weighted by Gasteiger charge is -2.13. The Morgan fingerprint density at radius 3 is 2.44 bits per heavy atom. The van der Waals surface area contributed by atoms with Crippen molar-refractivity contribution in [2.75, 3.05) is 13.7 Å². The van der Waals surface area contributed by atoms with E-state index in [1.54, 1.807) is 13.0 Å². The topological polar surface area (TPSA) is 52.6 Å². The SMILES string of the molecule is CCOC(=O)C(=O)c1cc(C)c(C)c(Cl)c1OC. The number of esters is 1. The van der Waals surface area contributed by atoms with E-state index in [0.717, 1.165) is 11.1 Å². The summed E-state index contributed by atoms with van der Waals surface area (Å²) in [6.07, 6.45) is 0. The molecule has 0 aliphatic heterocycles. The maximum atomic E-state index is 11.9. The van der Waals surface area contributed by atoms with Crippen LogP contribution in [-0.2, 0) is 9.53 Å². The number of methoxy groups -OCH3 is 1. The van der Waals surface area contributed by atoms with Crippen LogP contribution in [0.1, 0.15) is 28.4 Å². The van der Waals surface area contributed by atoms with Crippen LogP contribution in [0, 0.1) is 13.8 Å². The Labute approximate surface area is 111 Å². The van der Waals surface area contributed by atoms with Crippen LogP contribution in [0.3, 0.4) is 0 Å². The number of rotatable bonds is 4. The third kappa shape index (κ3) is 2.64. The van der Waals surface area contributed by atoms with Gasteiger partial charge in [0.05, 0.1) is 24.3 Å². The minimum absolute atomic E-state index is 0.129. The molecule has 18 heavy (non-hydrogen) atoms. The molecule has 0 aliphatic carbocycles. The molecule has 0 N–H and O–H groups in total. The van der Waals surface area contributed by atoms with Crippen LogP contribution in [0.4, 0.5) is 0 Å². The Kier molecular flexibility index (Phi) is 4.73. The lowest BCUT2D eigenvalue weighted by molar-refractivity contribution is -0.137. The van der Waals surface area contributed by atoms with Gasteiger partial charge in [-0.2, -0.15) is 0 Å². The Morgan fingerprint density at radius 1 is 1.33 bits per heavy atom. The Bertz CT molecular complexity index is 494. The fourth-order valence-corrected chi connectivity index (χ4v) is 1.85. The van der Waals surface area contributed by atoms with E-state index >= 15 is 0 Å². The van der Waals surface area contributed by atoms with Crippen molar-refractivity contribution in [2.45, 2.75) is 20.8 Å². The number of hydrogen-bond donors (Lipinski definition) is 0. The molecular weight excluding hydrogens is 256 g/mol. The van der Waals surface area contributed by atoms with E-state index in [9.17, 15) is 9.59 Å². The van der Waals surface area contributed by atoms with Crippen molar-refractivity contribution in [1.29, 1.82) is 0 Å². The molecule has 0 fully saturated rings. The van der Waals surface area contributed by atoms with E-state index in [2.05, 4.69) is 4.74 Å². The monoisotopic (exact) mass is 270 g/mol. The number of aryl methyl sites for hydroxylation is 1. The van der Waals surface area contributed by atoms with Gasteiger partial charge in [0.1, 0.15) is 5.75 Å². The fraction of sp³-hybridized carbons (Fsp3) is 0.385. The summed E-state index contributed by atoms with van der Waals surface area (Å²) in [5.41, 5.74) is 1.76. The molecule has 1 aromatic rings. The van der Waals surface area contributed by atoms with Crippen LogP contribution in [0.5, 0.6) is 5.75 Å². The Hall–Kier alpha value is -1.55. The molecule has 0 radical (unpaired) electrons. The van der Waals surface area contributed by atoms with Gasteiger partial charge in [-0.05, 0) is 38.0 Å². The number of ketones is 1. The van der Waals surface area contributed by atoms with Crippen LogP contribution < -0.4 is 4.74 Å². The number of hydrogen-bond acceptors (Lipinski definition) is 4. The molecule has 0 spiro atoms. The molecule has 0 aliphatic rings. The smallest absolute Gasteiger partial charge is 0.379 e. The summed E-state index contributed by atoms with van der Waals surface area (Å²) in [4.78, 5) is 23.4. The zero-order valence-corrected chi connectivity index (χ0v) is 11.6. The highest BCUT2D eigenvalue weighted by molar-refractivity contribution is 6.42. The predicted molar refractivity (Wildman–Crippen MR) is 68.4 cm³/mol. The van der Waals surface area contributed by atoms with Crippen molar-refractivity contribution in [3.63, 3.8) is 0 Å². The molecule has 0 saturated heterocycles. The maximum absolute atomic E-state index is 11.9. The van der Waals surface area contributed by atoms with Gasteiger partial charge in [-0.25, -0.2) is 4.79 Å². The number of Topliss-reactive ketones (excluding diaryl/α,β-unsaturated/α-hetero) is 1. The quantitative estimate of drug-likeness (QED) is 0.480. The molecular formula is C13H15ClO4. The minimum Gasteiger partial charge on any atom is -0.494 e. The summed E-state index contributed by atoms with van der Waals surface area (Å²) < 4.78 is 9.78. The predicted octanol–water partition coefficient (Wildman–Crippen LogP) is 2.71. The molecule has 0 atom stereocenters. The highest BCUT2D eigenvalue weighted by Crippen LogP contribution is 2.34. The van der Waals surface area contributed by atoms with E-state index in [1.165, 1.54) is 7.11 Å². The standard InChI is InChI=1S/C13H15ClO4/c1-5-18-13(16)11(15)9-6-7(2)8(3)10(14)12(9)17-4/h6H,5H2,1-4H3. The van der Waals surface area contributed by atoms with Crippen molar-refractivity contribution < 1.29 is 19.1 Å². The summed E-state index contributed by atoms with van der Waals surface area (Å²) in [6.45, 7) is 5.41. The fourth-order valence-electron chi connectivity index (χ4n) is 1.53. The minimum atomic E-state index is -0.907. The number of ether oxygens (including phenoxy) is 2. The van der Waals surface area contributed by atoms with Gasteiger partial charge in [0, 0.05) is 0 Å². The van der Waals surface area contributed by atoms with Crippen molar-refractivity contribution in [2.24, 2.45) is 0 Å². The van der Waals surface area contributed by atoms with Gasteiger partial charge in [0.2, 0.25) is 0 Å². The van der Waals surface area contributed by atoms with Crippen LogP contribution in [-0.4, -0.2) is 25.5 Å². The second-order valence-electron chi connectivity index (χ2n) is 3.76. The average Bonchev–Trinajstić information content (AvgIpc) is 2.35. The van der Waals surface area contributed by atoms with Crippen molar-refractivity contribution in [3.8, 4) is 5.75 Å². The van der Waals surface area contributed by atoms with E-state index in [4.69, 9.17) is 16.3 Å². The summed E-state index contributed by atoms with van der Waals surface area (Å²) >= 11 is 6.10. The van der Waals surface area contributed by atoms with Gasteiger partial charge in [-0.1, -0.05) is 11.6 Å². The normalized spacial score (nSPS) is 10.1. The molecule has 0 heterocycles. The molecule has 0 amide bonds. The summed E-state index contributed by atoms with van der Waals surface area (Å²) in [5, 5.41) is 0.338. The van der Waals surface area contributed by atoms with Gasteiger partial charge < -0.3 is 9.47 Å². The molecule has 5 heteroatoms. The van der Waals surface area contributed by atoms with Crippen LogP contribution in [0.25, 0.3) is 0 Å². The molecule has 4 nitrogen and oxygen atoms in total. The van der Waals surface area contributed by atoms with Crippen molar-refractivity contribution in [1.82, 2.24) is 0 Å². The van der Waals surface area contributed by atoms with Gasteiger partial charge in [-0.15, -0.1) is 0 Å². The van der Waals surface area contributed by atoms with E-state index in [-0.39, 0.29) is 17.9 Å². The maximum Gasteiger partial charge on any atom is 0.379 e. The largest absolute Gasteiger partial charge is 0.494 e. The van der Waals surface area contributed by atoms with Crippen molar-refractivity contribution in [3.05, 3.63) is 27.8 Å². The van der Waals surface area contributed by atoms with Gasteiger partial charge in [0.15, 0.2) is 0 Å².